The van der Waals surface area contributed by atoms with Crippen LogP contribution in [0.3, 0.4) is 0 Å². The summed E-state index contributed by atoms with van der Waals surface area (Å²) < 4.78 is 0. The molecule has 282 valence electrons. The van der Waals surface area contributed by atoms with Crippen molar-refractivity contribution < 1.29 is 9.59 Å². The van der Waals surface area contributed by atoms with Crippen LogP contribution in [-0.2, 0) is 9.59 Å². The minimum absolute atomic E-state index is 0.170. The zero-order valence-corrected chi connectivity index (χ0v) is 31.7. The van der Waals surface area contributed by atoms with Crippen molar-refractivity contribution in [1.82, 2.24) is 19.9 Å². The van der Waals surface area contributed by atoms with Crippen LogP contribution in [0.25, 0.3) is 56.0 Å². The molecule has 8 bridgehead atoms. The summed E-state index contributed by atoms with van der Waals surface area (Å²) in [4.78, 5) is 44.1. The van der Waals surface area contributed by atoms with Crippen LogP contribution in [0.15, 0.2) is 84.9 Å². The van der Waals surface area contributed by atoms with Gasteiger partial charge in [0.15, 0.2) is 0 Å². The van der Waals surface area contributed by atoms with Crippen LogP contribution >= 0.6 is 0 Å². The number of benzene rings is 4. The molecule has 0 atom stereocenters. The first-order valence-corrected chi connectivity index (χ1v) is 21.1. The number of fused-ring (bicyclic) bond motifs is 2. The van der Waals surface area contributed by atoms with Crippen molar-refractivity contribution in [2.24, 2.45) is 46.3 Å². The number of aromatic nitrogens is 4. The third kappa shape index (κ3) is 5.46. The Kier molecular flexibility index (Phi) is 7.14. The van der Waals surface area contributed by atoms with Crippen LogP contribution in [0, 0.1) is 46.3 Å². The third-order valence-electron chi connectivity index (χ3n) is 15.2. The summed E-state index contributed by atoms with van der Waals surface area (Å²) in [6.45, 7) is 0. The van der Waals surface area contributed by atoms with Crippen molar-refractivity contribution in [3.8, 4) is 33.9 Å². The van der Waals surface area contributed by atoms with Gasteiger partial charge in [-0.05, 0) is 160 Å². The summed E-state index contributed by atoms with van der Waals surface area (Å²) in [5.41, 5.74) is 9.23. The second-order valence-electron chi connectivity index (χ2n) is 19.1. The molecule has 2 heterocycles. The van der Waals surface area contributed by atoms with Crippen LogP contribution in [0.2, 0.25) is 0 Å². The van der Waals surface area contributed by atoms with E-state index in [1.165, 1.54) is 38.5 Å². The molecule has 56 heavy (non-hydrogen) atoms. The zero-order valence-electron chi connectivity index (χ0n) is 31.7. The van der Waals surface area contributed by atoms with Crippen molar-refractivity contribution in [3.63, 3.8) is 0 Å². The second kappa shape index (κ2) is 12.1. The number of H-pyrrole nitrogens is 2. The number of rotatable bonds is 7. The molecule has 8 saturated carbocycles. The van der Waals surface area contributed by atoms with Gasteiger partial charge in [0.1, 0.15) is 11.6 Å². The molecule has 0 saturated heterocycles. The molecule has 2 aromatic heterocycles. The Balaban J connectivity index is 0.718. The molecule has 0 spiro atoms. The lowest BCUT2D eigenvalue weighted by atomic mass is 9.49. The maximum Gasteiger partial charge on any atom is 0.230 e. The molecular weight excluding hydrogens is 693 g/mol. The molecule has 2 amide bonds. The number of carbonyl (C=O) groups is 2. The van der Waals surface area contributed by atoms with Gasteiger partial charge in [0.05, 0.1) is 32.9 Å². The van der Waals surface area contributed by atoms with Crippen molar-refractivity contribution in [1.29, 1.82) is 0 Å². The zero-order chi connectivity index (χ0) is 37.2. The predicted octanol–water partition coefficient (Wildman–Crippen LogP) is 10.7. The fraction of sp³-hybridized carbons (Fsp3) is 0.417. The van der Waals surface area contributed by atoms with Crippen molar-refractivity contribution in [3.05, 3.63) is 84.9 Å². The quantitative estimate of drug-likeness (QED) is 0.130. The first-order valence-electron chi connectivity index (χ1n) is 21.1. The van der Waals surface area contributed by atoms with Gasteiger partial charge in [-0.3, -0.25) is 9.59 Å². The number of nitrogens with one attached hydrogen (secondary N) is 4. The number of nitrogens with zero attached hydrogens (tertiary/aromatic N) is 2. The van der Waals surface area contributed by atoms with Gasteiger partial charge in [-0.2, -0.15) is 0 Å². The van der Waals surface area contributed by atoms with Gasteiger partial charge < -0.3 is 20.6 Å². The lowest BCUT2D eigenvalue weighted by Crippen LogP contribution is -2.51. The molecule has 0 radical (unpaired) electrons. The van der Waals surface area contributed by atoms with Crippen LogP contribution in [-0.4, -0.2) is 31.8 Å². The normalized spacial score (nSPS) is 31.0. The monoisotopic (exact) mass is 740 g/mol. The Hall–Kier alpha value is -5.24. The minimum Gasteiger partial charge on any atom is -0.338 e. The molecule has 8 aliphatic carbocycles. The number of aromatic amines is 2. The van der Waals surface area contributed by atoms with E-state index >= 15 is 0 Å². The van der Waals surface area contributed by atoms with E-state index in [1.54, 1.807) is 0 Å². The van der Waals surface area contributed by atoms with Gasteiger partial charge >= 0.3 is 0 Å². The van der Waals surface area contributed by atoms with E-state index in [2.05, 4.69) is 69.1 Å². The van der Waals surface area contributed by atoms with E-state index in [0.29, 0.717) is 0 Å². The van der Waals surface area contributed by atoms with Crippen molar-refractivity contribution >= 4 is 45.3 Å². The number of hydrogen-bond acceptors (Lipinski definition) is 4. The Morgan fingerprint density at radius 2 is 0.786 bits per heavy atom. The first kappa shape index (κ1) is 33.0. The standard InChI is InChI=1S/C48H48N6O2/c55-45(47-21-27-13-28(22-47)15-29(14-27)23-47)49-37-9-11-39-41(19-37)53-43(51-39)35-5-1-33(2-6-35)34-3-7-36(8-4-34)44-52-40-12-10-38(20-42(40)54-44)50-46(56)48-24-30-16-31(25-48)18-32(17-30)26-48/h1-12,19-20,27-32H,13-18,21-26H2,(H,49,55)(H,50,56)(H,51,53)(H,52,54). The molecule has 14 rings (SSSR count). The highest BCUT2D eigenvalue weighted by Crippen LogP contribution is 2.61. The lowest BCUT2D eigenvalue weighted by molar-refractivity contribution is -0.141. The maximum atomic E-state index is 13.7. The average molecular weight is 741 g/mol. The fourth-order valence-corrected chi connectivity index (χ4v) is 13.4. The number of anilines is 2. The smallest absolute Gasteiger partial charge is 0.230 e. The Morgan fingerprint density at radius 1 is 0.464 bits per heavy atom. The van der Waals surface area contributed by atoms with E-state index in [1.807, 2.05) is 36.4 Å². The SMILES string of the molecule is O=C(Nc1ccc2nc(-c3ccc(-c4ccc(-c5nc6ccc(NC(=O)C78CC9CC(CC(C9)C7)C8)cc6[nH]5)cc4)cc3)[nH]c2c1)C12CC3CC(CC(C3)C1)C2. The van der Waals surface area contributed by atoms with Crippen LogP contribution in [0.1, 0.15) is 77.0 Å². The number of carbonyl (C=O) groups excluding carboxylic acids is 2. The fourth-order valence-electron chi connectivity index (χ4n) is 13.4. The number of amides is 2. The summed E-state index contributed by atoms with van der Waals surface area (Å²) in [7, 11) is 0. The van der Waals surface area contributed by atoms with E-state index in [0.717, 1.165) is 141 Å². The summed E-state index contributed by atoms with van der Waals surface area (Å²) in [6, 6.07) is 29.0. The summed E-state index contributed by atoms with van der Waals surface area (Å²) >= 11 is 0. The third-order valence-corrected chi connectivity index (χ3v) is 15.2. The van der Waals surface area contributed by atoms with Crippen LogP contribution in [0.5, 0.6) is 0 Å². The first-order chi connectivity index (χ1) is 27.3. The van der Waals surface area contributed by atoms with Gasteiger partial charge in [-0.25, -0.2) is 9.97 Å². The molecule has 0 unspecified atom stereocenters. The topological polar surface area (TPSA) is 116 Å². The molecule has 4 aromatic carbocycles. The maximum absolute atomic E-state index is 13.7. The lowest BCUT2D eigenvalue weighted by Gasteiger charge is -2.55. The Bertz CT molecular complexity index is 2300. The van der Waals surface area contributed by atoms with Crippen LogP contribution < -0.4 is 10.6 Å². The summed E-state index contributed by atoms with van der Waals surface area (Å²) in [5.74, 6) is 6.51. The number of hydrogen-bond donors (Lipinski definition) is 4. The van der Waals surface area contributed by atoms with E-state index in [4.69, 9.17) is 9.97 Å². The predicted molar refractivity (Wildman–Crippen MR) is 221 cm³/mol. The Morgan fingerprint density at radius 3 is 1.12 bits per heavy atom. The van der Waals surface area contributed by atoms with E-state index in [9.17, 15) is 9.59 Å². The van der Waals surface area contributed by atoms with Crippen LogP contribution in [0.4, 0.5) is 11.4 Å². The second-order valence-corrected chi connectivity index (χ2v) is 19.1. The highest BCUT2D eigenvalue weighted by atomic mass is 16.2. The molecule has 6 aromatic rings. The van der Waals surface area contributed by atoms with Crippen molar-refractivity contribution in [2.45, 2.75) is 77.0 Å². The summed E-state index contributed by atoms with van der Waals surface area (Å²) in [6.07, 6.45) is 14.4. The molecule has 8 heteroatoms. The largest absolute Gasteiger partial charge is 0.338 e. The van der Waals surface area contributed by atoms with Gasteiger partial charge in [0.2, 0.25) is 11.8 Å². The highest BCUT2D eigenvalue weighted by molar-refractivity contribution is 5.98. The molecule has 4 N–H and O–H groups in total. The highest BCUT2D eigenvalue weighted by Gasteiger charge is 2.55. The van der Waals surface area contributed by atoms with Gasteiger partial charge in [0.25, 0.3) is 0 Å². The molecule has 8 nitrogen and oxygen atoms in total. The Labute approximate surface area is 326 Å². The van der Waals surface area contributed by atoms with E-state index < -0.39 is 0 Å². The molecule has 8 aliphatic rings. The molecule has 8 fully saturated rings. The summed E-state index contributed by atoms with van der Waals surface area (Å²) in [5, 5.41) is 6.61. The number of imidazole rings is 2. The average Bonchev–Trinajstić information content (AvgIpc) is 3.81. The van der Waals surface area contributed by atoms with E-state index in [-0.39, 0.29) is 22.6 Å². The molecule has 0 aliphatic heterocycles. The van der Waals surface area contributed by atoms with Gasteiger partial charge in [0, 0.05) is 22.5 Å². The van der Waals surface area contributed by atoms with Crippen molar-refractivity contribution in [2.75, 3.05) is 10.6 Å². The van der Waals surface area contributed by atoms with Gasteiger partial charge in [-0.15, -0.1) is 0 Å². The molecular formula is C48H48N6O2. The minimum atomic E-state index is -0.170. The van der Waals surface area contributed by atoms with Gasteiger partial charge in [-0.1, -0.05) is 48.5 Å².